The van der Waals surface area contributed by atoms with Crippen LogP contribution in [0.4, 0.5) is 0 Å². The van der Waals surface area contributed by atoms with Gasteiger partial charge in [0.2, 0.25) is 0 Å². The number of hydrogen-bond donors (Lipinski definition) is 2. The van der Waals surface area contributed by atoms with Gasteiger partial charge in [-0.1, -0.05) is 84.9 Å². The van der Waals surface area contributed by atoms with E-state index >= 15 is 0 Å². The van der Waals surface area contributed by atoms with Crippen LogP contribution in [0.3, 0.4) is 0 Å². The highest BCUT2D eigenvalue weighted by Gasteiger charge is 2.12. The van der Waals surface area contributed by atoms with Crippen LogP contribution in [0.25, 0.3) is 0 Å². The Morgan fingerprint density at radius 1 is 0.447 bits per heavy atom. The maximum Gasteiger partial charge on any atom is 0.251 e. The molecule has 0 spiro atoms. The van der Waals surface area contributed by atoms with Crippen LogP contribution in [0.1, 0.15) is 60.6 Å². The summed E-state index contributed by atoms with van der Waals surface area (Å²) in [5, 5.41) is 5.86. The van der Waals surface area contributed by atoms with Crippen LogP contribution in [0, 0.1) is 0 Å². The van der Waals surface area contributed by atoms with E-state index in [0.717, 1.165) is 25.7 Å². The number of nitrogens with one attached hydrogen (secondary N) is 2. The topological polar surface area (TPSA) is 75.3 Å². The van der Waals surface area contributed by atoms with Crippen LogP contribution in [0.5, 0.6) is 0 Å². The van der Waals surface area contributed by atoms with E-state index in [9.17, 15) is 14.4 Å². The maximum absolute atomic E-state index is 12.9. The molecule has 0 fully saturated rings. The van der Waals surface area contributed by atoms with Gasteiger partial charge in [0.1, 0.15) is 0 Å². The third kappa shape index (κ3) is 7.74. The minimum atomic E-state index is -0.158. The molecule has 0 aliphatic heterocycles. The molecule has 0 heterocycles. The second kappa shape index (κ2) is 13.7. The molecule has 2 amide bonds. The molecule has 5 heteroatoms. The largest absolute Gasteiger partial charge is 0.352 e. The molecule has 38 heavy (non-hydrogen) atoms. The Hall–Kier alpha value is -4.51. The molecule has 4 aromatic carbocycles. The zero-order valence-electron chi connectivity index (χ0n) is 21.4. The standard InChI is InChI=1S/C33H32N2O3/c36-31(27-15-19-29(20-16-27)32(37)34-23-7-13-25-9-3-1-4-10-25)28-17-21-30(22-18-28)33(38)35-24-8-14-26-11-5-2-6-12-26/h1-6,9-12,15-22H,7-8,13-14,23-24H2,(H,34,37)(H,35,38). The Bertz CT molecular complexity index is 1230. The Balaban J connectivity index is 1.22. The van der Waals surface area contributed by atoms with E-state index < -0.39 is 0 Å². The summed E-state index contributed by atoms with van der Waals surface area (Å²) in [6.07, 6.45) is 3.52. The van der Waals surface area contributed by atoms with E-state index in [-0.39, 0.29) is 17.6 Å². The number of aryl methyl sites for hydroxylation is 2. The molecule has 5 nitrogen and oxygen atoms in total. The van der Waals surface area contributed by atoms with Gasteiger partial charge in [-0.3, -0.25) is 14.4 Å². The molecule has 2 N–H and O–H groups in total. The van der Waals surface area contributed by atoms with Crippen molar-refractivity contribution in [3.8, 4) is 0 Å². The van der Waals surface area contributed by atoms with Crippen molar-refractivity contribution < 1.29 is 14.4 Å². The molecule has 0 unspecified atom stereocenters. The van der Waals surface area contributed by atoms with Crippen LogP contribution >= 0.6 is 0 Å². The zero-order valence-corrected chi connectivity index (χ0v) is 21.4. The molecule has 4 rings (SSSR count). The first-order valence-corrected chi connectivity index (χ1v) is 13.0. The Kier molecular flexibility index (Phi) is 9.57. The monoisotopic (exact) mass is 504 g/mol. The van der Waals surface area contributed by atoms with Crippen molar-refractivity contribution >= 4 is 17.6 Å². The fraction of sp³-hybridized carbons (Fsp3) is 0.182. The number of carbonyl (C=O) groups is 3. The SMILES string of the molecule is O=C(NCCCc1ccccc1)c1ccc(C(=O)c2ccc(C(=O)NCCCc3ccccc3)cc2)cc1. The smallest absolute Gasteiger partial charge is 0.251 e. The second-order valence-corrected chi connectivity index (χ2v) is 9.17. The molecule has 0 radical (unpaired) electrons. The maximum atomic E-state index is 12.9. The summed E-state index contributed by atoms with van der Waals surface area (Å²) >= 11 is 0. The van der Waals surface area contributed by atoms with Crippen LogP contribution in [-0.2, 0) is 12.8 Å². The van der Waals surface area contributed by atoms with Crippen LogP contribution in [0.2, 0.25) is 0 Å². The predicted octanol–water partition coefficient (Wildman–Crippen LogP) is 5.64. The molecule has 4 aromatic rings. The summed E-state index contributed by atoms with van der Waals surface area (Å²) in [5.41, 5.74) is 4.50. The number of rotatable bonds is 12. The molecular weight excluding hydrogens is 472 g/mol. The van der Waals surface area contributed by atoms with Crippen molar-refractivity contribution in [2.24, 2.45) is 0 Å². The quantitative estimate of drug-likeness (QED) is 0.194. The van der Waals surface area contributed by atoms with Crippen LogP contribution in [-0.4, -0.2) is 30.7 Å². The van der Waals surface area contributed by atoms with Gasteiger partial charge >= 0.3 is 0 Å². The summed E-state index contributed by atoms with van der Waals surface area (Å²) in [4.78, 5) is 37.8. The van der Waals surface area contributed by atoms with Crippen molar-refractivity contribution in [1.82, 2.24) is 10.6 Å². The van der Waals surface area contributed by atoms with Gasteiger partial charge in [0.15, 0.2) is 5.78 Å². The predicted molar refractivity (Wildman–Crippen MR) is 151 cm³/mol. The molecule has 0 atom stereocenters. The summed E-state index contributed by atoms with van der Waals surface area (Å²) < 4.78 is 0. The molecule has 0 aliphatic rings. The minimum absolute atomic E-state index is 0.156. The summed E-state index contributed by atoms with van der Waals surface area (Å²) in [6.45, 7) is 1.17. The zero-order chi connectivity index (χ0) is 26.6. The lowest BCUT2D eigenvalue weighted by molar-refractivity contribution is 0.0945. The van der Waals surface area contributed by atoms with Gasteiger partial charge in [-0.15, -0.1) is 0 Å². The van der Waals surface area contributed by atoms with Crippen molar-refractivity contribution in [1.29, 1.82) is 0 Å². The lowest BCUT2D eigenvalue weighted by atomic mass is 10.0. The van der Waals surface area contributed by atoms with Crippen LogP contribution in [0.15, 0.2) is 109 Å². The fourth-order valence-electron chi connectivity index (χ4n) is 4.19. The fourth-order valence-corrected chi connectivity index (χ4v) is 4.19. The molecule has 0 saturated heterocycles. The van der Waals surface area contributed by atoms with E-state index in [1.165, 1.54) is 11.1 Å². The van der Waals surface area contributed by atoms with Gasteiger partial charge in [0.25, 0.3) is 11.8 Å². The van der Waals surface area contributed by atoms with Gasteiger partial charge in [0.05, 0.1) is 0 Å². The highest BCUT2D eigenvalue weighted by atomic mass is 16.2. The number of ketones is 1. The average Bonchev–Trinajstić information content (AvgIpc) is 2.98. The summed E-state index contributed by atoms with van der Waals surface area (Å²) in [7, 11) is 0. The summed E-state index contributed by atoms with van der Waals surface area (Å²) in [6, 6.07) is 33.6. The first-order valence-electron chi connectivity index (χ1n) is 13.0. The number of carbonyl (C=O) groups excluding carboxylic acids is 3. The number of amides is 2. The van der Waals surface area contributed by atoms with Crippen molar-refractivity contribution in [3.63, 3.8) is 0 Å². The molecule has 0 aromatic heterocycles. The van der Waals surface area contributed by atoms with Gasteiger partial charge in [0, 0.05) is 35.3 Å². The number of hydrogen-bond acceptors (Lipinski definition) is 3. The lowest BCUT2D eigenvalue weighted by Gasteiger charge is -2.08. The van der Waals surface area contributed by atoms with Gasteiger partial charge in [-0.05, 0) is 61.1 Å². The Morgan fingerprint density at radius 2 is 0.789 bits per heavy atom. The normalized spacial score (nSPS) is 10.5. The molecule has 0 aliphatic carbocycles. The molecular formula is C33H32N2O3. The summed E-state index contributed by atoms with van der Waals surface area (Å²) in [5.74, 6) is -0.470. The lowest BCUT2D eigenvalue weighted by Crippen LogP contribution is -2.25. The molecule has 0 saturated carbocycles. The van der Waals surface area contributed by atoms with E-state index in [1.54, 1.807) is 48.5 Å². The van der Waals surface area contributed by atoms with E-state index in [2.05, 4.69) is 34.9 Å². The molecule has 192 valence electrons. The Labute approximate surface area is 223 Å². The first-order chi connectivity index (χ1) is 18.6. The van der Waals surface area contributed by atoms with Crippen molar-refractivity contribution in [2.75, 3.05) is 13.1 Å². The van der Waals surface area contributed by atoms with E-state index in [0.29, 0.717) is 35.3 Å². The van der Waals surface area contributed by atoms with Crippen molar-refractivity contribution in [3.05, 3.63) is 143 Å². The minimum Gasteiger partial charge on any atom is -0.352 e. The van der Waals surface area contributed by atoms with E-state index in [1.807, 2.05) is 36.4 Å². The third-order valence-electron chi connectivity index (χ3n) is 6.36. The highest BCUT2D eigenvalue weighted by Crippen LogP contribution is 2.13. The van der Waals surface area contributed by atoms with Crippen molar-refractivity contribution in [2.45, 2.75) is 25.7 Å². The Morgan fingerprint density at radius 3 is 1.16 bits per heavy atom. The van der Waals surface area contributed by atoms with Gasteiger partial charge in [-0.25, -0.2) is 0 Å². The first kappa shape index (κ1) is 26.6. The third-order valence-corrected chi connectivity index (χ3v) is 6.36. The second-order valence-electron chi connectivity index (χ2n) is 9.17. The van der Waals surface area contributed by atoms with E-state index in [4.69, 9.17) is 0 Å². The number of benzene rings is 4. The average molecular weight is 505 g/mol. The highest BCUT2D eigenvalue weighted by molar-refractivity contribution is 6.10. The van der Waals surface area contributed by atoms with Gasteiger partial charge < -0.3 is 10.6 Å². The van der Waals surface area contributed by atoms with Gasteiger partial charge in [-0.2, -0.15) is 0 Å². The molecule has 0 bridgehead atoms. The van der Waals surface area contributed by atoms with Crippen LogP contribution < -0.4 is 10.6 Å².